The normalized spacial score (nSPS) is 12.3. The van der Waals surface area contributed by atoms with E-state index in [0.717, 1.165) is 11.1 Å². The first-order valence-electron chi connectivity index (χ1n) is 7.23. The van der Waals surface area contributed by atoms with Gasteiger partial charge in [0.2, 0.25) is 15.9 Å². The Morgan fingerprint density at radius 1 is 1.13 bits per heavy atom. The largest absolute Gasteiger partial charge is 0.481 e. The van der Waals surface area contributed by atoms with Crippen molar-refractivity contribution >= 4 is 10.0 Å². The number of hydrogen-bond donors (Lipinski definition) is 1. The predicted molar refractivity (Wildman–Crippen MR) is 91.0 cm³/mol. The van der Waals surface area contributed by atoms with E-state index < -0.39 is 10.0 Å². The van der Waals surface area contributed by atoms with Crippen molar-refractivity contribution in [2.45, 2.75) is 38.0 Å². The van der Waals surface area contributed by atoms with Crippen LogP contribution in [0.3, 0.4) is 0 Å². The van der Waals surface area contributed by atoms with Crippen LogP contribution < -0.4 is 9.88 Å². The van der Waals surface area contributed by atoms with Crippen molar-refractivity contribution in [2.75, 3.05) is 7.11 Å². The fourth-order valence-corrected chi connectivity index (χ4v) is 3.84. The van der Waals surface area contributed by atoms with Crippen LogP contribution in [0.4, 0.5) is 0 Å². The number of aromatic nitrogens is 1. The fraction of sp³-hybridized carbons (Fsp3) is 0.353. The highest BCUT2D eigenvalue weighted by Crippen LogP contribution is 2.35. The Labute approximate surface area is 137 Å². The molecule has 0 atom stereocenters. The van der Waals surface area contributed by atoms with Gasteiger partial charge in [0.1, 0.15) is 0 Å². The summed E-state index contributed by atoms with van der Waals surface area (Å²) in [7, 11) is -2.29. The zero-order chi connectivity index (χ0) is 17.4. The zero-order valence-electron chi connectivity index (χ0n) is 14.0. The number of nitrogens with two attached hydrogens (primary N) is 1. The third-order valence-corrected chi connectivity index (χ3v) is 4.85. The summed E-state index contributed by atoms with van der Waals surface area (Å²) in [5.41, 5.74) is 2.61. The number of primary sulfonamides is 1. The molecule has 0 aliphatic carbocycles. The molecule has 0 aliphatic heterocycles. The van der Waals surface area contributed by atoms with Gasteiger partial charge in [0.15, 0.2) is 0 Å². The molecule has 0 amide bonds. The van der Waals surface area contributed by atoms with Crippen LogP contribution in [0.15, 0.2) is 35.4 Å². The molecule has 2 rings (SSSR count). The molecule has 0 radical (unpaired) electrons. The second-order valence-electron chi connectivity index (χ2n) is 6.50. The standard InChI is InChI=1S/C17H22N2O3S/c1-11-13(12-6-9-15(22-5)19-10-12)7-8-14(17(2,3)4)16(11)23(18,20)21/h6-10H,1-5H3,(H2,18,20,21). The number of rotatable bonds is 3. The van der Waals surface area contributed by atoms with Gasteiger partial charge in [-0.25, -0.2) is 18.5 Å². The summed E-state index contributed by atoms with van der Waals surface area (Å²) < 4.78 is 29.3. The van der Waals surface area contributed by atoms with E-state index in [1.54, 1.807) is 26.3 Å². The molecule has 0 fully saturated rings. The number of benzene rings is 1. The van der Waals surface area contributed by atoms with E-state index in [2.05, 4.69) is 4.98 Å². The van der Waals surface area contributed by atoms with Gasteiger partial charge in [-0.3, -0.25) is 0 Å². The van der Waals surface area contributed by atoms with E-state index in [4.69, 9.17) is 9.88 Å². The molecule has 124 valence electrons. The highest BCUT2D eigenvalue weighted by Gasteiger charge is 2.27. The van der Waals surface area contributed by atoms with Crippen LogP contribution in [0.2, 0.25) is 0 Å². The molecule has 0 aliphatic rings. The Balaban J connectivity index is 2.73. The smallest absolute Gasteiger partial charge is 0.238 e. The third-order valence-electron chi connectivity index (χ3n) is 3.75. The van der Waals surface area contributed by atoms with Crippen LogP contribution in [0, 0.1) is 6.92 Å². The molecule has 1 aromatic carbocycles. The minimum atomic E-state index is -3.84. The maximum Gasteiger partial charge on any atom is 0.238 e. The summed E-state index contributed by atoms with van der Waals surface area (Å²) in [6.45, 7) is 7.66. The zero-order valence-corrected chi connectivity index (χ0v) is 14.9. The van der Waals surface area contributed by atoms with Gasteiger partial charge in [-0.1, -0.05) is 32.9 Å². The number of pyridine rings is 1. The molecule has 0 bridgehead atoms. The second-order valence-corrected chi connectivity index (χ2v) is 8.00. The van der Waals surface area contributed by atoms with Crippen molar-refractivity contribution in [1.82, 2.24) is 4.98 Å². The Morgan fingerprint density at radius 2 is 1.78 bits per heavy atom. The number of nitrogens with zero attached hydrogens (tertiary/aromatic N) is 1. The highest BCUT2D eigenvalue weighted by molar-refractivity contribution is 7.89. The number of sulfonamides is 1. The van der Waals surface area contributed by atoms with Crippen LogP contribution in [0.1, 0.15) is 31.9 Å². The van der Waals surface area contributed by atoms with Gasteiger partial charge < -0.3 is 4.74 Å². The monoisotopic (exact) mass is 334 g/mol. The molecule has 2 aromatic rings. The van der Waals surface area contributed by atoms with E-state index in [1.807, 2.05) is 39.0 Å². The van der Waals surface area contributed by atoms with Gasteiger partial charge in [0.25, 0.3) is 0 Å². The molecule has 5 nitrogen and oxygen atoms in total. The second kappa shape index (κ2) is 5.94. The van der Waals surface area contributed by atoms with Crippen molar-refractivity contribution in [3.05, 3.63) is 41.6 Å². The molecule has 0 spiro atoms. The van der Waals surface area contributed by atoms with Gasteiger partial charge in [0.05, 0.1) is 12.0 Å². The molecule has 1 heterocycles. The van der Waals surface area contributed by atoms with E-state index in [0.29, 0.717) is 17.0 Å². The van der Waals surface area contributed by atoms with Crippen LogP contribution in [-0.2, 0) is 15.4 Å². The first-order chi connectivity index (χ1) is 10.6. The Bertz CT molecular complexity index is 820. The summed E-state index contributed by atoms with van der Waals surface area (Å²) in [6, 6.07) is 7.32. The predicted octanol–water partition coefficient (Wildman–Crippen LogP) is 3.01. The summed E-state index contributed by atoms with van der Waals surface area (Å²) in [5, 5.41) is 5.48. The first-order valence-corrected chi connectivity index (χ1v) is 8.77. The lowest BCUT2D eigenvalue weighted by Crippen LogP contribution is -2.22. The summed E-state index contributed by atoms with van der Waals surface area (Å²) in [4.78, 5) is 4.37. The maximum atomic E-state index is 12.1. The maximum absolute atomic E-state index is 12.1. The van der Waals surface area contributed by atoms with Crippen LogP contribution in [-0.4, -0.2) is 20.5 Å². The van der Waals surface area contributed by atoms with Crippen LogP contribution in [0.5, 0.6) is 5.88 Å². The van der Waals surface area contributed by atoms with E-state index in [1.165, 1.54) is 0 Å². The molecule has 0 unspecified atom stereocenters. The van der Waals surface area contributed by atoms with E-state index >= 15 is 0 Å². The Hall–Kier alpha value is -1.92. The number of ether oxygens (including phenoxy) is 1. The van der Waals surface area contributed by atoms with Crippen molar-refractivity contribution in [1.29, 1.82) is 0 Å². The Kier molecular flexibility index (Phi) is 4.50. The Morgan fingerprint density at radius 3 is 2.22 bits per heavy atom. The molecule has 1 aromatic heterocycles. The van der Waals surface area contributed by atoms with Crippen molar-refractivity contribution in [2.24, 2.45) is 5.14 Å². The summed E-state index contributed by atoms with van der Waals surface area (Å²) in [5.74, 6) is 0.504. The van der Waals surface area contributed by atoms with Crippen LogP contribution >= 0.6 is 0 Å². The molecular formula is C17H22N2O3S. The van der Waals surface area contributed by atoms with Crippen molar-refractivity contribution < 1.29 is 13.2 Å². The van der Waals surface area contributed by atoms with Crippen molar-refractivity contribution in [3.63, 3.8) is 0 Å². The van der Waals surface area contributed by atoms with Crippen LogP contribution in [0.25, 0.3) is 11.1 Å². The number of methoxy groups -OCH3 is 1. The van der Waals surface area contributed by atoms with Crippen molar-refractivity contribution in [3.8, 4) is 17.0 Å². The summed E-state index contributed by atoms with van der Waals surface area (Å²) in [6.07, 6.45) is 1.66. The molecule has 0 saturated carbocycles. The van der Waals surface area contributed by atoms with Gasteiger partial charge >= 0.3 is 0 Å². The average molecular weight is 334 g/mol. The molecule has 6 heteroatoms. The topological polar surface area (TPSA) is 82.3 Å². The molecular weight excluding hydrogens is 312 g/mol. The van der Waals surface area contributed by atoms with Gasteiger partial charge in [-0.05, 0) is 35.1 Å². The molecule has 2 N–H and O–H groups in total. The van der Waals surface area contributed by atoms with Gasteiger partial charge in [-0.2, -0.15) is 0 Å². The number of hydrogen-bond acceptors (Lipinski definition) is 4. The lowest BCUT2D eigenvalue weighted by Gasteiger charge is -2.24. The third kappa shape index (κ3) is 3.54. The SMILES string of the molecule is COc1ccc(-c2ccc(C(C)(C)C)c(S(N)(=O)=O)c2C)cn1. The fourth-order valence-electron chi connectivity index (χ4n) is 2.62. The van der Waals surface area contributed by atoms with E-state index in [9.17, 15) is 8.42 Å². The lowest BCUT2D eigenvalue weighted by molar-refractivity contribution is 0.398. The highest BCUT2D eigenvalue weighted by atomic mass is 32.2. The lowest BCUT2D eigenvalue weighted by atomic mass is 9.84. The summed E-state index contributed by atoms with van der Waals surface area (Å²) >= 11 is 0. The average Bonchev–Trinajstić information content (AvgIpc) is 2.45. The quantitative estimate of drug-likeness (QED) is 0.935. The first kappa shape index (κ1) is 17.4. The molecule has 0 saturated heterocycles. The van der Waals surface area contributed by atoms with Gasteiger partial charge in [0, 0.05) is 17.8 Å². The molecule has 23 heavy (non-hydrogen) atoms. The minimum Gasteiger partial charge on any atom is -0.481 e. The minimum absolute atomic E-state index is 0.193. The van der Waals surface area contributed by atoms with Gasteiger partial charge in [-0.15, -0.1) is 0 Å². The van der Waals surface area contributed by atoms with E-state index in [-0.39, 0.29) is 10.3 Å².